The van der Waals surface area contributed by atoms with Crippen LogP contribution in [-0.4, -0.2) is 0 Å². The highest BCUT2D eigenvalue weighted by atomic mass is 35.5. The third kappa shape index (κ3) is 4.26. The van der Waals surface area contributed by atoms with Gasteiger partial charge in [-0.3, -0.25) is 0 Å². The lowest BCUT2D eigenvalue weighted by Gasteiger charge is -2.11. The van der Waals surface area contributed by atoms with E-state index in [1.54, 1.807) is 0 Å². The van der Waals surface area contributed by atoms with Crippen LogP contribution >= 0.6 is 23.2 Å². The summed E-state index contributed by atoms with van der Waals surface area (Å²) in [7, 11) is 0. The number of alkyl halides is 1. The first-order chi connectivity index (χ1) is 9.19. The molecule has 0 radical (unpaired) electrons. The van der Waals surface area contributed by atoms with Crippen molar-refractivity contribution >= 4 is 23.2 Å². The minimum Gasteiger partial charge on any atom is -0.117 e. The van der Waals surface area contributed by atoms with Crippen LogP contribution in [0, 0.1) is 0 Å². The fourth-order valence-corrected chi connectivity index (χ4v) is 2.58. The van der Waals surface area contributed by atoms with Gasteiger partial charge in [0.15, 0.2) is 0 Å². The molecule has 0 aromatic heterocycles. The lowest BCUT2D eigenvalue weighted by molar-refractivity contribution is 0.902. The van der Waals surface area contributed by atoms with E-state index >= 15 is 0 Å². The second-order valence-electron chi connectivity index (χ2n) is 4.79. The Balaban J connectivity index is 2.02. The molecule has 0 aliphatic heterocycles. The fraction of sp³-hybridized carbons (Fsp3) is 0.294. The van der Waals surface area contributed by atoms with Crippen LogP contribution in [0.4, 0.5) is 0 Å². The number of hydrogen-bond donors (Lipinski definition) is 0. The summed E-state index contributed by atoms with van der Waals surface area (Å²) < 4.78 is 0. The zero-order valence-corrected chi connectivity index (χ0v) is 12.6. The normalized spacial score (nSPS) is 12.4. The van der Waals surface area contributed by atoms with Gasteiger partial charge in [0.2, 0.25) is 0 Å². The maximum Gasteiger partial charge on any atom is 0.0625 e. The van der Waals surface area contributed by atoms with Crippen molar-refractivity contribution in [2.45, 2.75) is 31.6 Å². The highest BCUT2D eigenvalue weighted by molar-refractivity contribution is 6.30. The summed E-state index contributed by atoms with van der Waals surface area (Å²) in [4.78, 5) is 0. The van der Waals surface area contributed by atoms with Crippen molar-refractivity contribution in [3.8, 4) is 0 Å². The summed E-state index contributed by atoms with van der Waals surface area (Å²) in [5.74, 6) is 0. The Morgan fingerprint density at radius 2 is 1.47 bits per heavy atom. The van der Waals surface area contributed by atoms with Crippen molar-refractivity contribution in [1.82, 2.24) is 0 Å². The number of rotatable bonds is 5. The molecule has 0 N–H and O–H groups in total. The van der Waals surface area contributed by atoms with Gasteiger partial charge in [-0.25, -0.2) is 0 Å². The van der Waals surface area contributed by atoms with Gasteiger partial charge in [0.1, 0.15) is 0 Å². The molecule has 0 fully saturated rings. The Morgan fingerprint density at radius 3 is 2.05 bits per heavy atom. The van der Waals surface area contributed by atoms with Gasteiger partial charge in [-0.05, 0) is 41.7 Å². The first-order valence-corrected chi connectivity index (χ1v) is 7.48. The first kappa shape index (κ1) is 14.4. The molecule has 100 valence electrons. The van der Waals surface area contributed by atoms with E-state index in [0.717, 1.165) is 17.9 Å². The number of halogens is 2. The Bertz CT molecular complexity index is 500. The van der Waals surface area contributed by atoms with E-state index in [1.165, 1.54) is 23.1 Å². The smallest absolute Gasteiger partial charge is 0.0625 e. The van der Waals surface area contributed by atoms with Crippen LogP contribution in [0.1, 0.15) is 35.4 Å². The minimum absolute atomic E-state index is 0.0110. The molecule has 0 amide bonds. The van der Waals surface area contributed by atoms with Gasteiger partial charge in [-0.15, -0.1) is 11.6 Å². The summed E-state index contributed by atoms with van der Waals surface area (Å²) in [5.41, 5.74) is 3.76. The van der Waals surface area contributed by atoms with E-state index in [4.69, 9.17) is 23.2 Å². The Labute approximate surface area is 125 Å². The summed E-state index contributed by atoms with van der Waals surface area (Å²) in [6, 6.07) is 16.5. The van der Waals surface area contributed by atoms with Crippen molar-refractivity contribution < 1.29 is 0 Å². The number of benzene rings is 2. The molecule has 0 heterocycles. The van der Waals surface area contributed by atoms with Crippen LogP contribution in [0.2, 0.25) is 5.02 Å². The topological polar surface area (TPSA) is 0 Å². The molecule has 2 rings (SSSR count). The molecular formula is C17H18Cl2. The van der Waals surface area contributed by atoms with Gasteiger partial charge in [0.05, 0.1) is 5.38 Å². The first-order valence-electron chi connectivity index (χ1n) is 6.66. The molecule has 0 aliphatic carbocycles. The maximum atomic E-state index is 6.48. The maximum absolute atomic E-state index is 6.48. The van der Waals surface area contributed by atoms with Crippen LogP contribution in [0.5, 0.6) is 0 Å². The molecule has 0 saturated heterocycles. The van der Waals surface area contributed by atoms with Gasteiger partial charge >= 0.3 is 0 Å². The molecular weight excluding hydrogens is 275 g/mol. The predicted octanol–water partition coefficient (Wildman–Crippen LogP) is 5.82. The van der Waals surface area contributed by atoms with Crippen molar-refractivity contribution in [3.05, 3.63) is 70.2 Å². The van der Waals surface area contributed by atoms with Crippen LogP contribution in [-0.2, 0) is 12.8 Å². The second kappa shape index (κ2) is 6.98. The van der Waals surface area contributed by atoms with Crippen molar-refractivity contribution in [2.24, 2.45) is 0 Å². The number of hydrogen-bond acceptors (Lipinski definition) is 0. The molecule has 0 spiro atoms. The number of aryl methyl sites for hydroxylation is 1. The summed E-state index contributed by atoms with van der Waals surface area (Å²) in [6.07, 6.45) is 3.13. The third-order valence-corrected chi connectivity index (χ3v) is 3.87. The summed E-state index contributed by atoms with van der Waals surface area (Å²) in [6.45, 7) is 2.19. The standard InChI is InChI=1S/C17H18Cl2/c1-2-3-13-4-8-15(9-5-13)17(19)12-14-6-10-16(18)11-7-14/h4-11,17H,2-3,12H2,1H3. The summed E-state index contributed by atoms with van der Waals surface area (Å²) >= 11 is 12.4. The average molecular weight is 293 g/mol. The SMILES string of the molecule is CCCc1ccc(C(Cl)Cc2ccc(Cl)cc2)cc1. The Morgan fingerprint density at radius 1 is 0.895 bits per heavy atom. The molecule has 0 saturated carbocycles. The third-order valence-electron chi connectivity index (χ3n) is 3.21. The zero-order valence-electron chi connectivity index (χ0n) is 11.1. The molecule has 0 aliphatic rings. The van der Waals surface area contributed by atoms with Crippen LogP contribution in [0.25, 0.3) is 0 Å². The molecule has 1 atom stereocenters. The predicted molar refractivity (Wildman–Crippen MR) is 84.2 cm³/mol. The van der Waals surface area contributed by atoms with Crippen molar-refractivity contribution in [2.75, 3.05) is 0 Å². The van der Waals surface area contributed by atoms with Gasteiger partial charge < -0.3 is 0 Å². The average Bonchev–Trinajstić information content (AvgIpc) is 2.42. The van der Waals surface area contributed by atoms with E-state index in [-0.39, 0.29) is 5.38 Å². The highest BCUT2D eigenvalue weighted by Crippen LogP contribution is 2.26. The molecule has 0 bridgehead atoms. The lowest BCUT2D eigenvalue weighted by Crippen LogP contribution is -1.96. The monoisotopic (exact) mass is 292 g/mol. The van der Waals surface area contributed by atoms with Crippen LogP contribution in [0.3, 0.4) is 0 Å². The zero-order chi connectivity index (χ0) is 13.7. The molecule has 2 aromatic rings. The quantitative estimate of drug-likeness (QED) is 0.610. The highest BCUT2D eigenvalue weighted by Gasteiger charge is 2.08. The van der Waals surface area contributed by atoms with Crippen molar-refractivity contribution in [1.29, 1.82) is 0 Å². The van der Waals surface area contributed by atoms with Crippen molar-refractivity contribution in [3.63, 3.8) is 0 Å². The van der Waals surface area contributed by atoms with Crippen LogP contribution < -0.4 is 0 Å². The lowest BCUT2D eigenvalue weighted by atomic mass is 10.0. The van der Waals surface area contributed by atoms with Gasteiger partial charge in [-0.1, -0.05) is 61.3 Å². The van der Waals surface area contributed by atoms with Gasteiger partial charge in [0.25, 0.3) is 0 Å². The largest absolute Gasteiger partial charge is 0.117 e. The molecule has 1 unspecified atom stereocenters. The van der Waals surface area contributed by atoms with E-state index in [1.807, 2.05) is 24.3 Å². The molecule has 0 nitrogen and oxygen atoms in total. The minimum atomic E-state index is 0.0110. The Hall–Kier alpha value is -0.980. The van der Waals surface area contributed by atoms with Crippen LogP contribution in [0.15, 0.2) is 48.5 Å². The Kier molecular flexibility index (Phi) is 5.30. The van der Waals surface area contributed by atoms with E-state index in [0.29, 0.717) is 0 Å². The van der Waals surface area contributed by atoms with E-state index in [2.05, 4.69) is 31.2 Å². The van der Waals surface area contributed by atoms with E-state index < -0.39 is 0 Å². The molecule has 19 heavy (non-hydrogen) atoms. The van der Waals surface area contributed by atoms with Gasteiger partial charge in [0, 0.05) is 5.02 Å². The molecule has 2 aromatic carbocycles. The fourth-order valence-electron chi connectivity index (χ4n) is 2.13. The summed E-state index contributed by atoms with van der Waals surface area (Å²) in [5, 5.41) is 0.774. The molecule has 2 heteroatoms. The van der Waals surface area contributed by atoms with Gasteiger partial charge in [-0.2, -0.15) is 0 Å². The second-order valence-corrected chi connectivity index (χ2v) is 5.75. The van der Waals surface area contributed by atoms with E-state index in [9.17, 15) is 0 Å².